The number of benzene rings is 3. The maximum atomic E-state index is 13.1. The Balaban J connectivity index is 1.36. The van der Waals surface area contributed by atoms with Gasteiger partial charge in [0.2, 0.25) is 5.91 Å². The average Bonchev–Trinajstić information content (AvgIpc) is 2.79. The van der Waals surface area contributed by atoms with Crippen LogP contribution in [0, 0.1) is 11.7 Å². The Bertz CT molecular complexity index is 1050. The van der Waals surface area contributed by atoms with Gasteiger partial charge in [0.1, 0.15) is 5.82 Å². The van der Waals surface area contributed by atoms with Gasteiger partial charge in [0, 0.05) is 31.2 Å². The molecule has 0 saturated carbocycles. The van der Waals surface area contributed by atoms with E-state index < -0.39 is 0 Å². The highest BCUT2D eigenvalue weighted by Gasteiger charge is 2.30. The van der Waals surface area contributed by atoms with Gasteiger partial charge < -0.3 is 10.2 Å². The normalized spacial score (nSPS) is 19.4. The number of piperidine rings is 1. The number of hydrogen-bond acceptors (Lipinski definition) is 3. The number of hydrogen-bond donors (Lipinski definition) is 1. The lowest BCUT2D eigenvalue weighted by atomic mass is 9.87. The van der Waals surface area contributed by atoms with Gasteiger partial charge in [0.05, 0.1) is 0 Å². The van der Waals surface area contributed by atoms with Crippen molar-refractivity contribution in [3.8, 4) is 0 Å². The summed E-state index contributed by atoms with van der Waals surface area (Å²) in [6.45, 7) is 2.98. The van der Waals surface area contributed by atoms with Crippen molar-refractivity contribution >= 4 is 22.4 Å². The van der Waals surface area contributed by atoms with E-state index >= 15 is 0 Å². The minimum Gasteiger partial charge on any atom is -0.326 e. The molecular weight excluding hydrogens is 401 g/mol. The van der Waals surface area contributed by atoms with E-state index in [2.05, 4.69) is 71.7 Å². The Morgan fingerprint density at radius 2 is 1.81 bits per heavy atom. The summed E-state index contributed by atoms with van der Waals surface area (Å²) in [5.74, 6) is 0.115. The van der Waals surface area contributed by atoms with Crippen molar-refractivity contribution in [1.29, 1.82) is 0 Å². The molecule has 32 heavy (non-hydrogen) atoms. The van der Waals surface area contributed by atoms with Crippen LogP contribution in [0.25, 0.3) is 10.8 Å². The average molecular weight is 434 g/mol. The fourth-order valence-corrected chi connectivity index (χ4v) is 4.87. The highest BCUT2D eigenvalue weighted by molar-refractivity contribution is 5.90. The van der Waals surface area contributed by atoms with Crippen LogP contribution in [0.2, 0.25) is 0 Å². The first-order valence-electron chi connectivity index (χ1n) is 11.4. The van der Waals surface area contributed by atoms with Gasteiger partial charge in [-0.05, 0) is 86.1 Å². The third-order valence-corrected chi connectivity index (χ3v) is 6.53. The molecule has 1 aliphatic heterocycles. The summed E-state index contributed by atoms with van der Waals surface area (Å²) in [6.07, 6.45) is 2.41. The van der Waals surface area contributed by atoms with Crippen LogP contribution in [-0.2, 0) is 11.3 Å². The number of nitrogens with one attached hydrogen (secondary N) is 1. The van der Waals surface area contributed by atoms with Gasteiger partial charge in [0.25, 0.3) is 0 Å². The molecule has 4 nitrogen and oxygen atoms in total. The second-order valence-electron chi connectivity index (χ2n) is 9.09. The molecule has 1 saturated heterocycles. The van der Waals surface area contributed by atoms with Crippen molar-refractivity contribution in [2.45, 2.75) is 31.8 Å². The summed E-state index contributed by atoms with van der Waals surface area (Å²) in [5.41, 5.74) is 1.97. The molecule has 0 radical (unpaired) electrons. The van der Waals surface area contributed by atoms with Crippen molar-refractivity contribution < 1.29 is 9.18 Å². The van der Waals surface area contributed by atoms with Crippen LogP contribution in [0.1, 0.15) is 24.8 Å². The van der Waals surface area contributed by atoms with E-state index in [9.17, 15) is 9.18 Å². The van der Waals surface area contributed by atoms with Gasteiger partial charge >= 0.3 is 0 Å². The monoisotopic (exact) mass is 433 g/mol. The summed E-state index contributed by atoms with van der Waals surface area (Å²) in [4.78, 5) is 17.3. The first-order valence-corrected chi connectivity index (χ1v) is 11.4. The molecule has 2 atom stereocenters. The standard InChI is InChI=1S/C27H32FN3O/c1-30(2)26-15-16-31(18-20-7-8-21-5-3-4-6-22(21)17-20)19-23(26)9-14-27(32)29-25-12-10-24(28)11-13-25/h3-8,10-13,17,23,26H,9,14-16,18-19H2,1-2H3,(H,29,32)/t23-,26+/m0/s1. The van der Waals surface area contributed by atoms with E-state index in [1.807, 2.05) is 0 Å². The van der Waals surface area contributed by atoms with Crippen molar-refractivity contribution in [3.05, 3.63) is 78.1 Å². The molecule has 168 valence electrons. The molecule has 0 aliphatic carbocycles. The van der Waals surface area contributed by atoms with Crippen LogP contribution in [0.15, 0.2) is 66.7 Å². The lowest BCUT2D eigenvalue weighted by Crippen LogP contribution is -2.48. The van der Waals surface area contributed by atoms with Gasteiger partial charge in [0.15, 0.2) is 0 Å². The molecule has 1 fully saturated rings. The van der Waals surface area contributed by atoms with E-state index in [1.165, 1.54) is 28.5 Å². The molecule has 3 aromatic rings. The number of anilines is 1. The largest absolute Gasteiger partial charge is 0.326 e. The number of rotatable bonds is 7. The lowest BCUT2D eigenvalue weighted by Gasteiger charge is -2.41. The minimum atomic E-state index is -0.300. The third kappa shape index (κ3) is 5.72. The molecule has 1 N–H and O–H groups in total. The van der Waals surface area contributed by atoms with Crippen molar-refractivity contribution in [2.75, 3.05) is 32.5 Å². The van der Waals surface area contributed by atoms with Crippen LogP contribution >= 0.6 is 0 Å². The Hall–Kier alpha value is -2.76. The highest BCUT2D eigenvalue weighted by atomic mass is 19.1. The van der Waals surface area contributed by atoms with Gasteiger partial charge in [-0.1, -0.05) is 36.4 Å². The zero-order valence-electron chi connectivity index (χ0n) is 18.9. The molecule has 1 amide bonds. The fourth-order valence-electron chi connectivity index (χ4n) is 4.87. The van der Waals surface area contributed by atoms with Gasteiger partial charge in [-0.2, -0.15) is 0 Å². The van der Waals surface area contributed by atoms with E-state index in [0.717, 1.165) is 32.5 Å². The molecule has 1 heterocycles. The number of carbonyl (C=O) groups is 1. The van der Waals surface area contributed by atoms with E-state index in [1.54, 1.807) is 12.1 Å². The lowest BCUT2D eigenvalue weighted by molar-refractivity contribution is -0.116. The predicted molar refractivity (Wildman–Crippen MR) is 129 cm³/mol. The molecule has 4 rings (SSSR count). The molecule has 3 aromatic carbocycles. The summed E-state index contributed by atoms with van der Waals surface area (Å²) >= 11 is 0. The second kappa shape index (κ2) is 10.2. The van der Waals surface area contributed by atoms with Gasteiger partial charge in [-0.25, -0.2) is 4.39 Å². The SMILES string of the molecule is CN(C)[C@@H]1CCN(Cc2ccc3ccccc3c2)C[C@@H]1CCC(=O)Nc1ccc(F)cc1. The molecular formula is C27H32FN3O. The Kier molecular flexibility index (Phi) is 7.18. The number of amides is 1. The van der Waals surface area contributed by atoms with Crippen molar-refractivity contribution in [2.24, 2.45) is 5.92 Å². The zero-order chi connectivity index (χ0) is 22.5. The van der Waals surface area contributed by atoms with Crippen molar-refractivity contribution in [3.63, 3.8) is 0 Å². The zero-order valence-corrected chi connectivity index (χ0v) is 18.9. The predicted octanol–water partition coefficient (Wildman–Crippen LogP) is 5.15. The van der Waals surface area contributed by atoms with Crippen molar-refractivity contribution in [1.82, 2.24) is 9.80 Å². The van der Waals surface area contributed by atoms with Crippen LogP contribution in [-0.4, -0.2) is 48.9 Å². The third-order valence-electron chi connectivity index (χ3n) is 6.53. The van der Waals surface area contributed by atoms with E-state index in [4.69, 9.17) is 0 Å². The molecule has 0 spiro atoms. The maximum absolute atomic E-state index is 13.1. The molecule has 0 bridgehead atoms. The molecule has 0 aromatic heterocycles. The highest BCUT2D eigenvalue weighted by Crippen LogP contribution is 2.27. The summed E-state index contributed by atoms with van der Waals surface area (Å²) < 4.78 is 13.1. The van der Waals surface area contributed by atoms with E-state index in [-0.39, 0.29) is 11.7 Å². The quantitative estimate of drug-likeness (QED) is 0.560. The van der Waals surface area contributed by atoms with Crippen LogP contribution in [0.3, 0.4) is 0 Å². The Morgan fingerprint density at radius 1 is 1.06 bits per heavy atom. The number of fused-ring (bicyclic) bond motifs is 1. The first-order chi connectivity index (χ1) is 15.5. The first kappa shape index (κ1) is 22.4. The number of halogens is 1. The van der Waals surface area contributed by atoms with Crippen LogP contribution in [0.5, 0.6) is 0 Å². The minimum absolute atomic E-state index is 0.0132. The van der Waals surface area contributed by atoms with Crippen LogP contribution in [0.4, 0.5) is 10.1 Å². The maximum Gasteiger partial charge on any atom is 0.224 e. The van der Waals surface area contributed by atoms with Gasteiger partial charge in [-0.15, -0.1) is 0 Å². The topological polar surface area (TPSA) is 35.6 Å². The molecule has 5 heteroatoms. The summed E-state index contributed by atoms with van der Waals surface area (Å²) in [6, 6.07) is 21.6. The van der Waals surface area contributed by atoms with Crippen LogP contribution < -0.4 is 5.32 Å². The number of nitrogens with zero attached hydrogens (tertiary/aromatic N) is 2. The Morgan fingerprint density at radius 3 is 2.56 bits per heavy atom. The fraction of sp³-hybridized carbons (Fsp3) is 0.370. The number of carbonyl (C=O) groups excluding carboxylic acids is 1. The summed E-state index contributed by atoms with van der Waals surface area (Å²) in [5, 5.41) is 5.44. The molecule has 0 unspecified atom stereocenters. The molecule has 1 aliphatic rings. The summed E-state index contributed by atoms with van der Waals surface area (Å²) in [7, 11) is 4.27. The van der Waals surface area contributed by atoms with E-state index in [0.29, 0.717) is 24.1 Å². The smallest absolute Gasteiger partial charge is 0.224 e. The van der Waals surface area contributed by atoms with Gasteiger partial charge in [-0.3, -0.25) is 9.69 Å². The Labute approximate surface area is 190 Å². The second-order valence-corrected chi connectivity index (χ2v) is 9.09. The number of likely N-dealkylation sites (tertiary alicyclic amines) is 1.